The van der Waals surface area contributed by atoms with E-state index in [1.807, 2.05) is 0 Å². The molecule has 2 N–H and O–H groups in total. The lowest BCUT2D eigenvalue weighted by Gasteiger charge is -2.09. The summed E-state index contributed by atoms with van der Waals surface area (Å²) in [5.41, 5.74) is 0.852. The molecule has 6 nitrogen and oxygen atoms in total. The van der Waals surface area contributed by atoms with Crippen molar-refractivity contribution in [3.05, 3.63) is 70.7 Å². The van der Waals surface area contributed by atoms with Crippen LogP contribution in [0.2, 0.25) is 0 Å². The van der Waals surface area contributed by atoms with Crippen molar-refractivity contribution in [1.82, 2.24) is 4.98 Å². The summed E-state index contributed by atoms with van der Waals surface area (Å²) in [7, 11) is 0. The SMILES string of the molecule is CCOC(=O)c1ccc(NC(=O)Cc2csc(Nc3cccc(C(F)(F)F)c3)n2)cc1. The van der Waals surface area contributed by atoms with Crippen LogP contribution in [0.15, 0.2) is 53.9 Å². The first-order chi connectivity index (χ1) is 14.7. The number of amides is 1. The third kappa shape index (κ3) is 6.29. The number of ether oxygens (including phenoxy) is 1. The van der Waals surface area contributed by atoms with Crippen molar-refractivity contribution in [2.45, 2.75) is 19.5 Å². The number of carbonyl (C=O) groups is 2. The van der Waals surface area contributed by atoms with Gasteiger partial charge < -0.3 is 15.4 Å². The van der Waals surface area contributed by atoms with Gasteiger partial charge in [0, 0.05) is 16.8 Å². The van der Waals surface area contributed by atoms with Crippen LogP contribution < -0.4 is 10.6 Å². The molecule has 0 aliphatic heterocycles. The van der Waals surface area contributed by atoms with Gasteiger partial charge in [-0.2, -0.15) is 13.2 Å². The van der Waals surface area contributed by atoms with Crippen LogP contribution in [0.5, 0.6) is 0 Å². The minimum atomic E-state index is -4.43. The molecule has 162 valence electrons. The van der Waals surface area contributed by atoms with Gasteiger partial charge in [0.05, 0.1) is 29.8 Å². The highest BCUT2D eigenvalue weighted by Gasteiger charge is 2.30. The standard InChI is InChI=1S/C21H18F3N3O3S/c1-2-30-19(29)13-6-8-15(9-7-13)25-18(28)11-17-12-31-20(27-17)26-16-5-3-4-14(10-16)21(22,23)24/h3-10,12H,2,11H2,1H3,(H,25,28)(H,26,27). The average molecular weight is 449 g/mol. The van der Waals surface area contributed by atoms with E-state index in [2.05, 4.69) is 15.6 Å². The maximum Gasteiger partial charge on any atom is 0.416 e. The van der Waals surface area contributed by atoms with Crippen LogP contribution >= 0.6 is 11.3 Å². The smallest absolute Gasteiger partial charge is 0.416 e. The summed E-state index contributed by atoms with van der Waals surface area (Å²) in [6, 6.07) is 11.1. The van der Waals surface area contributed by atoms with Gasteiger partial charge in [-0.15, -0.1) is 11.3 Å². The molecule has 3 rings (SSSR count). The van der Waals surface area contributed by atoms with Gasteiger partial charge >= 0.3 is 12.1 Å². The number of hydrogen-bond donors (Lipinski definition) is 2. The van der Waals surface area contributed by atoms with Gasteiger partial charge in [-0.25, -0.2) is 9.78 Å². The van der Waals surface area contributed by atoms with E-state index in [0.717, 1.165) is 12.1 Å². The van der Waals surface area contributed by atoms with Gasteiger partial charge in [0.15, 0.2) is 5.13 Å². The predicted octanol–water partition coefficient (Wildman–Crippen LogP) is 5.26. The number of hydrogen-bond acceptors (Lipinski definition) is 6. The lowest BCUT2D eigenvalue weighted by atomic mass is 10.2. The zero-order valence-corrected chi connectivity index (χ0v) is 17.1. The molecule has 0 atom stereocenters. The highest BCUT2D eigenvalue weighted by molar-refractivity contribution is 7.13. The molecule has 0 fully saturated rings. The second kappa shape index (κ2) is 9.61. The molecule has 0 saturated carbocycles. The number of nitrogens with zero attached hydrogens (tertiary/aromatic N) is 1. The Morgan fingerprint density at radius 3 is 2.52 bits per heavy atom. The highest BCUT2D eigenvalue weighted by atomic mass is 32.1. The van der Waals surface area contributed by atoms with E-state index in [4.69, 9.17) is 4.74 Å². The normalized spacial score (nSPS) is 11.1. The molecule has 0 saturated heterocycles. The van der Waals surface area contributed by atoms with Crippen molar-refractivity contribution < 1.29 is 27.5 Å². The summed E-state index contributed by atoms with van der Waals surface area (Å²) in [6.07, 6.45) is -4.45. The monoisotopic (exact) mass is 449 g/mol. The number of benzene rings is 2. The minimum Gasteiger partial charge on any atom is -0.462 e. The minimum absolute atomic E-state index is 0.0135. The molecule has 0 radical (unpaired) electrons. The van der Waals surface area contributed by atoms with E-state index in [1.54, 1.807) is 36.6 Å². The van der Waals surface area contributed by atoms with Crippen LogP contribution in [0.4, 0.5) is 29.7 Å². The Morgan fingerprint density at radius 1 is 1.10 bits per heavy atom. The number of alkyl halides is 3. The third-order valence-electron chi connectivity index (χ3n) is 4.01. The third-order valence-corrected chi connectivity index (χ3v) is 4.82. The fourth-order valence-corrected chi connectivity index (χ4v) is 3.35. The number of aromatic nitrogens is 1. The summed E-state index contributed by atoms with van der Waals surface area (Å²) in [5, 5.41) is 7.55. The van der Waals surface area contributed by atoms with Gasteiger partial charge in [0.2, 0.25) is 5.91 Å². The van der Waals surface area contributed by atoms with Gasteiger partial charge in [-0.1, -0.05) is 6.07 Å². The van der Waals surface area contributed by atoms with Crippen molar-refractivity contribution in [3.8, 4) is 0 Å². The lowest BCUT2D eigenvalue weighted by molar-refractivity contribution is -0.137. The molecular weight excluding hydrogens is 431 g/mol. The predicted molar refractivity (Wildman–Crippen MR) is 112 cm³/mol. The summed E-state index contributed by atoms with van der Waals surface area (Å²) in [6.45, 7) is 1.99. The maximum atomic E-state index is 12.8. The molecule has 0 unspecified atom stereocenters. The van der Waals surface area contributed by atoms with Crippen LogP contribution in [0, 0.1) is 0 Å². The van der Waals surface area contributed by atoms with Gasteiger partial charge in [-0.3, -0.25) is 4.79 Å². The second-order valence-electron chi connectivity index (χ2n) is 6.37. The summed E-state index contributed by atoms with van der Waals surface area (Å²) in [5.74, 6) is -0.761. The summed E-state index contributed by atoms with van der Waals surface area (Å²) in [4.78, 5) is 28.1. The van der Waals surface area contributed by atoms with Crippen molar-refractivity contribution in [1.29, 1.82) is 0 Å². The first kappa shape index (κ1) is 22.3. The second-order valence-corrected chi connectivity index (χ2v) is 7.23. The first-order valence-electron chi connectivity index (χ1n) is 9.20. The molecule has 10 heteroatoms. The fourth-order valence-electron chi connectivity index (χ4n) is 2.62. The molecule has 0 bridgehead atoms. The van der Waals surface area contributed by atoms with Crippen LogP contribution in [0.25, 0.3) is 0 Å². The highest BCUT2D eigenvalue weighted by Crippen LogP contribution is 2.31. The largest absolute Gasteiger partial charge is 0.462 e. The number of rotatable bonds is 7. The fraction of sp³-hybridized carbons (Fsp3) is 0.190. The lowest BCUT2D eigenvalue weighted by Crippen LogP contribution is -2.14. The molecule has 2 aromatic carbocycles. The van der Waals surface area contributed by atoms with E-state index >= 15 is 0 Å². The number of thiazole rings is 1. The van der Waals surface area contributed by atoms with Crippen LogP contribution in [0.3, 0.4) is 0 Å². The van der Waals surface area contributed by atoms with E-state index in [9.17, 15) is 22.8 Å². The van der Waals surface area contributed by atoms with E-state index in [0.29, 0.717) is 22.1 Å². The van der Waals surface area contributed by atoms with Gasteiger partial charge in [0.1, 0.15) is 0 Å². The Hall–Kier alpha value is -3.40. The molecule has 0 aliphatic rings. The quantitative estimate of drug-likeness (QED) is 0.481. The maximum absolute atomic E-state index is 12.8. The van der Waals surface area contributed by atoms with E-state index < -0.39 is 17.7 Å². The molecule has 3 aromatic rings. The Kier molecular flexibility index (Phi) is 6.91. The molecule has 1 amide bonds. The van der Waals surface area contributed by atoms with Crippen molar-refractivity contribution in [3.63, 3.8) is 0 Å². The molecule has 0 spiro atoms. The Labute approximate surface area is 180 Å². The molecule has 31 heavy (non-hydrogen) atoms. The van der Waals surface area contributed by atoms with Crippen molar-refractivity contribution >= 4 is 39.7 Å². The molecule has 1 heterocycles. The number of halogens is 3. The van der Waals surface area contributed by atoms with E-state index in [1.165, 1.54) is 23.5 Å². The molecule has 1 aromatic heterocycles. The van der Waals surface area contributed by atoms with Crippen LogP contribution in [0.1, 0.15) is 28.5 Å². The van der Waals surface area contributed by atoms with Crippen molar-refractivity contribution in [2.24, 2.45) is 0 Å². The zero-order valence-electron chi connectivity index (χ0n) is 16.3. The Balaban J connectivity index is 1.57. The van der Waals surface area contributed by atoms with Gasteiger partial charge in [-0.05, 0) is 49.4 Å². The number of nitrogens with one attached hydrogen (secondary N) is 2. The molecule has 0 aliphatic carbocycles. The number of esters is 1. The van der Waals surface area contributed by atoms with Crippen LogP contribution in [-0.4, -0.2) is 23.5 Å². The first-order valence-corrected chi connectivity index (χ1v) is 10.1. The zero-order chi connectivity index (χ0) is 22.4. The molecular formula is C21H18F3N3O3S. The number of anilines is 3. The Morgan fingerprint density at radius 2 is 1.84 bits per heavy atom. The average Bonchev–Trinajstić information content (AvgIpc) is 3.14. The van der Waals surface area contributed by atoms with Crippen molar-refractivity contribution in [2.75, 3.05) is 17.2 Å². The Bertz CT molecular complexity index is 1070. The number of carbonyl (C=O) groups excluding carboxylic acids is 2. The van der Waals surface area contributed by atoms with E-state index in [-0.39, 0.29) is 24.6 Å². The van der Waals surface area contributed by atoms with Crippen LogP contribution in [-0.2, 0) is 22.1 Å². The topological polar surface area (TPSA) is 80.3 Å². The summed E-state index contributed by atoms with van der Waals surface area (Å²) < 4.78 is 43.4. The summed E-state index contributed by atoms with van der Waals surface area (Å²) >= 11 is 1.18. The van der Waals surface area contributed by atoms with Gasteiger partial charge in [0.25, 0.3) is 0 Å².